The van der Waals surface area contributed by atoms with E-state index in [0.29, 0.717) is 26.2 Å². The number of hydrogen-bond donors (Lipinski definition) is 2. The van der Waals surface area contributed by atoms with E-state index < -0.39 is 0 Å². The molecule has 0 spiro atoms. The Morgan fingerprint density at radius 2 is 0.789 bits per heavy atom. The van der Waals surface area contributed by atoms with Crippen LogP contribution < -0.4 is 10.6 Å². The van der Waals surface area contributed by atoms with Crippen molar-refractivity contribution in [3.05, 3.63) is 132 Å². The van der Waals surface area contributed by atoms with Crippen molar-refractivity contribution in [3.63, 3.8) is 0 Å². The van der Waals surface area contributed by atoms with Crippen LogP contribution >= 0.6 is 0 Å². The van der Waals surface area contributed by atoms with Gasteiger partial charge in [-0.1, -0.05) is 97.1 Å². The van der Waals surface area contributed by atoms with E-state index in [1.165, 1.54) is 0 Å². The molecule has 6 nitrogen and oxygen atoms in total. The minimum atomic E-state index is -0.136. The Morgan fingerprint density at radius 1 is 0.474 bits per heavy atom. The highest BCUT2D eigenvalue weighted by atomic mass is 16.2. The molecule has 0 aliphatic carbocycles. The van der Waals surface area contributed by atoms with Gasteiger partial charge in [0.2, 0.25) is 0 Å². The molecule has 0 saturated heterocycles. The maximum Gasteiger partial charge on any atom is 0.322 e. The quantitative estimate of drug-likeness (QED) is 0.211. The zero-order valence-corrected chi connectivity index (χ0v) is 21.5. The summed E-state index contributed by atoms with van der Waals surface area (Å²) >= 11 is 0. The second kappa shape index (κ2) is 14.2. The summed E-state index contributed by atoms with van der Waals surface area (Å²) in [5.74, 6) is 0. The van der Waals surface area contributed by atoms with Crippen LogP contribution in [-0.2, 0) is 13.1 Å². The molecule has 0 atom stereocenters. The molecule has 2 N–H and O–H groups in total. The summed E-state index contributed by atoms with van der Waals surface area (Å²) in [6.45, 7) is 2.18. The van der Waals surface area contributed by atoms with Crippen LogP contribution in [0.25, 0.3) is 0 Å². The van der Waals surface area contributed by atoms with Crippen molar-refractivity contribution in [3.8, 4) is 0 Å². The Hall–Kier alpha value is -4.58. The molecule has 4 amide bonds. The number of nitrogens with one attached hydrogen (secondary N) is 2. The number of rotatable bonds is 11. The number of unbranched alkanes of at least 4 members (excludes halogenated alkanes) is 1. The highest BCUT2D eigenvalue weighted by molar-refractivity contribution is 5.89. The lowest BCUT2D eigenvalue weighted by molar-refractivity contribution is 0.199. The standard InChI is InChI=1S/C32H34N4O2/c37-31(33-29-19-9-3-10-20-29)35(25-27-15-5-1-6-16-27)23-13-14-24-36(26-28-17-7-2-8-18-28)32(38)34-30-21-11-4-12-22-30/h1-12,15-22H,13-14,23-26H2,(H,33,37)(H,34,38). The van der Waals surface area contributed by atoms with E-state index in [1.54, 1.807) is 0 Å². The number of amides is 4. The third-order valence-electron chi connectivity index (χ3n) is 6.16. The van der Waals surface area contributed by atoms with Crippen molar-refractivity contribution >= 4 is 23.4 Å². The molecule has 6 heteroatoms. The normalized spacial score (nSPS) is 10.4. The third-order valence-corrected chi connectivity index (χ3v) is 6.16. The lowest BCUT2D eigenvalue weighted by atomic mass is 10.2. The molecule has 0 heterocycles. The number of carbonyl (C=O) groups is 2. The summed E-state index contributed by atoms with van der Waals surface area (Å²) in [4.78, 5) is 29.9. The van der Waals surface area contributed by atoms with E-state index in [1.807, 2.05) is 131 Å². The first-order valence-corrected chi connectivity index (χ1v) is 13.0. The van der Waals surface area contributed by atoms with Gasteiger partial charge in [-0.15, -0.1) is 0 Å². The average molecular weight is 507 g/mol. The topological polar surface area (TPSA) is 64.7 Å². The largest absolute Gasteiger partial charge is 0.322 e. The van der Waals surface area contributed by atoms with Crippen molar-refractivity contribution in [2.45, 2.75) is 25.9 Å². The molecule has 0 aromatic heterocycles. The van der Waals surface area contributed by atoms with E-state index >= 15 is 0 Å². The molecule has 0 fully saturated rings. The molecular formula is C32H34N4O2. The smallest absolute Gasteiger partial charge is 0.320 e. The number of anilines is 2. The first-order valence-electron chi connectivity index (χ1n) is 13.0. The van der Waals surface area contributed by atoms with Gasteiger partial charge in [0.05, 0.1) is 0 Å². The van der Waals surface area contributed by atoms with Crippen LogP contribution in [0.4, 0.5) is 21.0 Å². The second-order valence-electron chi connectivity index (χ2n) is 9.11. The van der Waals surface area contributed by atoms with E-state index in [-0.39, 0.29) is 12.1 Å². The molecule has 4 aromatic carbocycles. The van der Waals surface area contributed by atoms with E-state index in [2.05, 4.69) is 10.6 Å². The number of nitrogens with zero attached hydrogens (tertiary/aromatic N) is 2. The third kappa shape index (κ3) is 8.52. The Labute approximate surface area is 224 Å². The molecule has 0 aliphatic heterocycles. The van der Waals surface area contributed by atoms with Crippen LogP contribution in [0, 0.1) is 0 Å². The number of hydrogen-bond acceptors (Lipinski definition) is 2. The van der Waals surface area contributed by atoms with Crippen molar-refractivity contribution in [1.29, 1.82) is 0 Å². The highest BCUT2D eigenvalue weighted by Crippen LogP contribution is 2.14. The molecular weight excluding hydrogens is 472 g/mol. The molecule has 194 valence electrons. The summed E-state index contributed by atoms with van der Waals surface area (Å²) in [5, 5.41) is 6.01. The van der Waals surface area contributed by atoms with Crippen LogP contribution in [0.3, 0.4) is 0 Å². The predicted octanol–water partition coefficient (Wildman–Crippen LogP) is 7.24. The maximum absolute atomic E-state index is 13.1. The minimum Gasteiger partial charge on any atom is -0.320 e. The Morgan fingerprint density at radius 3 is 1.13 bits per heavy atom. The fourth-order valence-electron chi connectivity index (χ4n) is 4.17. The van der Waals surface area contributed by atoms with Gasteiger partial charge in [0.1, 0.15) is 0 Å². The van der Waals surface area contributed by atoms with Gasteiger partial charge in [-0.05, 0) is 48.2 Å². The minimum absolute atomic E-state index is 0.136. The molecule has 38 heavy (non-hydrogen) atoms. The van der Waals surface area contributed by atoms with Crippen LogP contribution in [0.15, 0.2) is 121 Å². The Kier molecular flexibility index (Phi) is 9.92. The van der Waals surface area contributed by atoms with Crippen molar-refractivity contribution in [2.24, 2.45) is 0 Å². The van der Waals surface area contributed by atoms with Gasteiger partial charge < -0.3 is 20.4 Å². The SMILES string of the molecule is O=C(Nc1ccccc1)N(CCCCN(Cc1ccccc1)C(=O)Nc1ccccc1)Cc1ccccc1. The molecule has 0 saturated carbocycles. The van der Waals surface area contributed by atoms with Gasteiger partial charge in [-0.2, -0.15) is 0 Å². The van der Waals surface area contributed by atoms with Gasteiger partial charge >= 0.3 is 12.1 Å². The fraction of sp³-hybridized carbons (Fsp3) is 0.188. The molecule has 4 aromatic rings. The Bertz CT molecular complexity index is 1150. The lowest BCUT2D eigenvalue weighted by Crippen LogP contribution is -2.37. The monoisotopic (exact) mass is 506 g/mol. The summed E-state index contributed by atoms with van der Waals surface area (Å²) in [7, 11) is 0. The summed E-state index contributed by atoms with van der Waals surface area (Å²) in [6.07, 6.45) is 1.53. The van der Waals surface area contributed by atoms with Crippen molar-refractivity contribution in [2.75, 3.05) is 23.7 Å². The average Bonchev–Trinajstić information content (AvgIpc) is 2.96. The van der Waals surface area contributed by atoms with Gasteiger partial charge in [0.25, 0.3) is 0 Å². The summed E-state index contributed by atoms with van der Waals surface area (Å²) in [5.41, 5.74) is 3.68. The lowest BCUT2D eigenvalue weighted by Gasteiger charge is -2.26. The van der Waals surface area contributed by atoms with Gasteiger partial charge in [-0.25, -0.2) is 9.59 Å². The van der Waals surface area contributed by atoms with Crippen LogP contribution in [0.5, 0.6) is 0 Å². The highest BCUT2D eigenvalue weighted by Gasteiger charge is 2.17. The van der Waals surface area contributed by atoms with Gasteiger partial charge in [-0.3, -0.25) is 0 Å². The number of benzene rings is 4. The van der Waals surface area contributed by atoms with Crippen LogP contribution in [0.1, 0.15) is 24.0 Å². The van der Waals surface area contributed by atoms with Gasteiger partial charge in [0.15, 0.2) is 0 Å². The molecule has 0 bridgehead atoms. The molecule has 0 aliphatic rings. The van der Waals surface area contributed by atoms with Crippen molar-refractivity contribution in [1.82, 2.24) is 9.80 Å². The number of urea groups is 2. The zero-order chi connectivity index (χ0) is 26.4. The fourth-order valence-corrected chi connectivity index (χ4v) is 4.17. The van der Waals surface area contributed by atoms with Crippen LogP contribution in [-0.4, -0.2) is 35.0 Å². The zero-order valence-electron chi connectivity index (χ0n) is 21.5. The first kappa shape index (κ1) is 26.5. The van der Waals surface area contributed by atoms with E-state index in [0.717, 1.165) is 35.3 Å². The molecule has 0 unspecified atom stereocenters. The number of para-hydroxylation sites is 2. The van der Waals surface area contributed by atoms with E-state index in [9.17, 15) is 9.59 Å². The summed E-state index contributed by atoms with van der Waals surface area (Å²) in [6, 6.07) is 38.7. The maximum atomic E-state index is 13.1. The van der Waals surface area contributed by atoms with Gasteiger partial charge in [0, 0.05) is 37.6 Å². The van der Waals surface area contributed by atoms with Crippen molar-refractivity contribution < 1.29 is 9.59 Å². The second-order valence-corrected chi connectivity index (χ2v) is 9.11. The molecule has 4 rings (SSSR count). The first-order chi connectivity index (χ1) is 18.7. The van der Waals surface area contributed by atoms with Crippen LogP contribution in [0.2, 0.25) is 0 Å². The Balaban J connectivity index is 1.37. The predicted molar refractivity (Wildman–Crippen MR) is 154 cm³/mol. The number of carbonyl (C=O) groups excluding carboxylic acids is 2. The summed E-state index contributed by atoms with van der Waals surface area (Å²) < 4.78 is 0. The molecule has 0 radical (unpaired) electrons. The van der Waals surface area contributed by atoms with E-state index in [4.69, 9.17) is 0 Å².